The lowest BCUT2D eigenvalue weighted by Crippen LogP contribution is -2.37. The highest BCUT2D eigenvalue weighted by Crippen LogP contribution is 2.37. The van der Waals surface area contributed by atoms with Gasteiger partial charge in [0.1, 0.15) is 11.9 Å². The largest absolute Gasteiger partial charge is 0.361 e. The second-order valence-electron chi connectivity index (χ2n) is 5.96. The highest BCUT2D eigenvalue weighted by molar-refractivity contribution is 6.42. The monoisotopic (exact) mass is 375 g/mol. The van der Waals surface area contributed by atoms with E-state index >= 15 is 0 Å². The number of benzene rings is 2. The molecule has 0 saturated heterocycles. The van der Waals surface area contributed by atoms with E-state index in [2.05, 4.69) is 11.9 Å². The molecule has 1 aliphatic rings. The molecule has 0 aromatic heterocycles. The Labute approximate surface area is 157 Å². The summed E-state index contributed by atoms with van der Waals surface area (Å²) in [6, 6.07) is 14.5. The smallest absolute Gasteiger partial charge is 0.350 e. The molecule has 0 N–H and O–H groups in total. The first-order chi connectivity index (χ1) is 12.0. The summed E-state index contributed by atoms with van der Waals surface area (Å²) in [5, 5.41) is 0.867. The molecular formula is C19H19Cl2N3O. The fourth-order valence-corrected chi connectivity index (χ4v) is 3.30. The standard InChI is InChI=1S/C19H19Cl2N3O/c1-3-11-23(2)18-17(13-7-5-4-6-8-13)24(19(25)22-18)14-9-10-15(20)16(21)12-14/h4-10,12,17H,3,11H2,1-2H3. The zero-order valence-corrected chi connectivity index (χ0v) is 15.6. The topological polar surface area (TPSA) is 35.9 Å². The van der Waals surface area contributed by atoms with Crippen molar-refractivity contribution in [3.05, 3.63) is 64.1 Å². The maximum atomic E-state index is 12.7. The van der Waals surface area contributed by atoms with Gasteiger partial charge < -0.3 is 4.90 Å². The average Bonchev–Trinajstić information content (AvgIpc) is 2.96. The molecule has 1 aliphatic heterocycles. The Morgan fingerprint density at radius 1 is 1.12 bits per heavy atom. The minimum absolute atomic E-state index is 0.289. The third-order valence-corrected chi connectivity index (χ3v) is 4.90. The lowest BCUT2D eigenvalue weighted by molar-refractivity contribution is 0.255. The molecule has 1 unspecified atom stereocenters. The number of carbonyl (C=O) groups excluding carboxylic acids is 1. The molecule has 1 atom stereocenters. The van der Waals surface area contributed by atoms with Gasteiger partial charge >= 0.3 is 6.03 Å². The molecule has 6 heteroatoms. The Kier molecular flexibility index (Phi) is 5.30. The predicted molar refractivity (Wildman–Crippen MR) is 104 cm³/mol. The predicted octanol–water partition coefficient (Wildman–Crippen LogP) is 5.42. The third kappa shape index (κ3) is 3.51. The molecule has 2 aromatic carbocycles. The van der Waals surface area contributed by atoms with Gasteiger partial charge in [0, 0.05) is 19.3 Å². The number of likely N-dealkylation sites (N-methyl/N-ethyl adjacent to an activating group) is 1. The fraction of sp³-hybridized carbons (Fsp3) is 0.263. The van der Waals surface area contributed by atoms with Crippen LogP contribution in [-0.2, 0) is 0 Å². The van der Waals surface area contributed by atoms with Crippen LogP contribution in [0, 0.1) is 0 Å². The molecular weight excluding hydrogens is 357 g/mol. The maximum absolute atomic E-state index is 12.7. The first-order valence-electron chi connectivity index (χ1n) is 8.15. The van der Waals surface area contributed by atoms with Crippen molar-refractivity contribution in [1.29, 1.82) is 0 Å². The van der Waals surface area contributed by atoms with E-state index in [4.69, 9.17) is 23.2 Å². The number of hydrogen-bond donors (Lipinski definition) is 0. The van der Waals surface area contributed by atoms with Gasteiger partial charge in [-0.2, -0.15) is 4.99 Å². The summed E-state index contributed by atoms with van der Waals surface area (Å²) >= 11 is 12.2. The Hall–Kier alpha value is -2.04. The summed E-state index contributed by atoms with van der Waals surface area (Å²) in [5.41, 5.74) is 1.68. The number of amides is 2. The summed E-state index contributed by atoms with van der Waals surface area (Å²) in [6.45, 7) is 2.92. The van der Waals surface area contributed by atoms with E-state index in [9.17, 15) is 4.79 Å². The van der Waals surface area contributed by atoms with Crippen LogP contribution in [0.1, 0.15) is 24.9 Å². The van der Waals surface area contributed by atoms with Gasteiger partial charge in [-0.3, -0.25) is 4.90 Å². The Morgan fingerprint density at radius 2 is 1.84 bits per heavy atom. The molecule has 130 valence electrons. The van der Waals surface area contributed by atoms with Gasteiger partial charge in [-0.25, -0.2) is 4.79 Å². The number of halogens is 2. The molecule has 1 heterocycles. The number of rotatable bonds is 4. The first kappa shape index (κ1) is 17.8. The number of aliphatic imine (C=N–C) groups is 1. The molecule has 0 aliphatic carbocycles. The normalized spacial score (nSPS) is 17.0. The number of nitrogens with zero attached hydrogens (tertiary/aromatic N) is 3. The number of anilines is 1. The van der Waals surface area contributed by atoms with Crippen LogP contribution in [0.5, 0.6) is 0 Å². The summed E-state index contributed by atoms with van der Waals surface area (Å²) in [4.78, 5) is 20.7. The van der Waals surface area contributed by atoms with Crippen LogP contribution in [0.15, 0.2) is 53.5 Å². The Bertz CT molecular complexity index is 808. The Morgan fingerprint density at radius 3 is 2.48 bits per heavy atom. The minimum atomic E-state index is -0.301. The van der Waals surface area contributed by atoms with Crippen molar-refractivity contribution in [2.75, 3.05) is 18.5 Å². The molecule has 0 saturated carbocycles. The van der Waals surface area contributed by atoms with Crippen LogP contribution in [0.2, 0.25) is 10.0 Å². The fourth-order valence-electron chi connectivity index (χ4n) is 3.01. The van der Waals surface area contributed by atoms with Crippen molar-refractivity contribution in [2.24, 2.45) is 4.99 Å². The van der Waals surface area contributed by atoms with Gasteiger partial charge in [0.15, 0.2) is 0 Å². The highest BCUT2D eigenvalue weighted by atomic mass is 35.5. The van der Waals surface area contributed by atoms with Gasteiger partial charge in [0.25, 0.3) is 0 Å². The third-order valence-electron chi connectivity index (χ3n) is 4.17. The van der Waals surface area contributed by atoms with Crippen molar-refractivity contribution in [2.45, 2.75) is 19.4 Å². The average molecular weight is 376 g/mol. The van der Waals surface area contributed by atoms with Crippen molar-refractivity contribution >= 4 is 40.8 Å². The molecule has 2 aromatic rings. The van der Waals surface area contributed by atoms with Crippen molar-refractivity contribution in [1.82, 2.24) is 4.90 Å². The van der Waals surface area contributed by atoms with Gasteiger partial charge in [-0.15, -0.1) is 0 Å². The van der Waals surface area contributed by atoms with Crippen LogP contribution in [0.4, 0.5) is 10.5 Å². The van der Waals surface area contributed by atoms with Crippen LogP contribution in [0.3, 0.4) is 0 Å². The second-order valence-corrected chi connectivity index (χ2v) is 6.77. The number of hydrogen-bond acceptors (Lipinski definition) is 2. The van der Waals surface area contributed by atoms with E-state index in [0.717, 1.165) is 24.4 Å². The van der Waals surface area contributed by atoms with E-state index in [1.54, 1.807) is 23.1 Å². The van der Waals surface area contributed by atoms with Crippen molar-refractivity contribution in [3.63, 3.8) is 0 Å². The number of urea groups is 1. The zero-order chi connectivity index (χ0) is 18.0. The summed E-state index contributed by atoms with van der Waals surface area (Å²) in [5.74, 6) is 0.740. The molecule has 0 bridgehead atoms. The maximum Gasteiger partial charge on any atom is 0.350 e. The quantitative estimate of drug-likeness (QED) is 0.715. The molecule has 25 heavy (non-hydrogen) atoms. The van der Waals surface area contributed by atoms with Crippen molar-refractivity contribution < 1.29 is 4.79 Å². The summed E-state index contributed by atoms with van der Waals surface area (Å²) in [6.07, 6.45) is 0.970. The van der Waals surface area contributed by atoms with Gasteiger partial charge in [-0.05, 0) is 30.2 Å². The van der Waals surface area contributed by atoms with E-state index in [-0.39, 0.29) is 12.1 Å². The van der Waals surface area contributed by atoms with Crippen LogP contribution >= 0.6 is 23.2 Å². The molecule has 0 fully saturated rings. The molecule has 0 radical (unpaired) electrons. The minimum Gasteiger partial charge on any atom is -0.361 e. The lowest BCUT2D eigenvalue weighted by atomic mass is 10.0. The summed E-state index contributed by atoms with van der Waals surface area (Å²) in [7, 11) is 1.96. The molecule has 4 nitrogen and oxygen atoms in total. The van der Waals surface area contributed by atoms with Gasteiger partial charge in [0.05, 0.1) is 10.0 Å². The first-order valence-corrected chi connectivity index (χ1v) is 8.91. The van der Waals surface area contributed by atoms with E-state index in [1.165, 1.54) is 0 Å². The molecule has 0 spiro atoms. The SMILES string of the molecule is CCCN(C)C1=NC(=O)N(c2ccc(Cl)c(Cl)c2)C1c1ccccc1. The van der Waals surface area contributed by atoms with Gasteiger partial charge in [0.2, 0.25) is 0 Å². The lowest BCUT2D eigenvalue weighted by Gasteiger charge is -2.29. The summed E-state index contributed by atoms with van der Waals surface area (Å²) < 4.78 is 0. The van der Waals surface area contributed by atoms with E-state index < -0.39 is 0 Å². The Balaban J connectivity index is 2.07. The van der Waals surface area contributed by atoms with Crippen molar-refractivity contribution in [3.8, 4) is 0 Å². The zero-order valence-electron chi connectivity index (χ0n) is 14.1. The number of amidine groups is 1. The van der Waals surface area contributed by atoms with E-state index in [0.29, 0.717) is 15.7 Å². The van der Waals surface area contributed by atoms with Crippen LogP contribution in [0.25, 0.3) is 0 Å². The second kappa shape index (κ2) is 7.46. The van der Waals surface area contributed by atoms with Crippen LogP contribution in [-0.4, -0.2) is 30.4 Å². The van der Waals surface area contributed by atoms with Gasteiger partial charge in [-0.1, -0.05) is 60.5 Å². The molecule has 2 amide bonds. The number of carbonyl (C=O) groups is 1. The molecule has 3 rings (SSSR count). The van der Waals surface area contributed by atoms with Crippen LogP contribution < -0.4 is 4.90 Å². The van der Waals surface area contributed by atoms with E-state index in [1.807, 2.05) is 42.3 Å². The highest BCUT2D eigenvalue weighted by Gasteiger charge is 2.38.